The molecule has 0 heterocycles. The average Bonchev–Trinajstić information content (AvgIpc) is 3.13. The van der Waals surface area contributed by atoms with E-state index >= 15 is 0 Å². The summed E-state index contributed by atoms with van der Waals surface area (Å²) in [6, 6.07) is 0.670. The van der Waals surface area contributed by atoms with Crippen molar-refractivity contribution in [3.63, 3.8) is 0 Å². The minimum absolute atomic E-state index is 0.670. The molecule has 2 fully saturated rings. The number of nitrogens with two attached hydrogens (primary N) is 1. The van der Waals surface area contributed by atoms with Crippen LogP contribution in [0.15, 0.2) is 0 Å². The van der Waals surface area contributed by atoms with E-state index in [9.17, 15) is 0 Å². The summed E-state index contributed by atoms with van der Waals surface area (Å²) in [5, 5.41) is 0. The van der Waals surface area contributed by atoms with Crippen LogP contribution in [0.4, 0.5) is 0 Å². The van der Waals surface area contributed by atoms with Crippen molar-refractivity contribution < 1.29 is 0 Å². The third-order valence-electron chi connectivity index (χ3n) is 4.59. The van der Waals surface area contributed by atoms with Gasteiger partial charge in [-0.25, -0.2) is 0 Å². The van der Waals surface area contributed by atoms with Crippen molar-refractivity contribution in [1.82, 2.24) is 4.90 Å². The number of likely N-dealkylation sites (N-methyl/N-ethyl adjacent to an activating group) is 1. The van der Waals surface area contributed by atoms with E-state index in [-0.39, 0.29) is 0 Å². The molecule has 0 aromatic rings. The van der Waals surface area contributed by atoms with Gasteiger partial charge in [0.05, 0.1) is 0 Å². The summed E-state index contributed by atoms with van der Waals surface area (Å²) >= 11 is 0. The average molecular weight is 224 g/mol. The van der Waals surface area contributed by atoms with Crippen LogP contribution in [0.25, 0.3) is 0 Å². The Balaban J connectivity index is 1.67. The fourth-order valence-electron chi connectivity index (χ4n) is 3.24. The van der Waals surface area contributed by atoms with Gasteiger partial charge < -0.3 is 10.6 Å². The van der Waals surface area contributed by atoms with Crippen molar-refractivity contribution in [1.29, 1.82) is 0 Å². The Bertz CT molecular complexity index is 195. The Morgan fingerprint density at radius 2 is 1.81 bits per heavy atom. The van der Waals surface area contributed by atoms with Crippen LogP contribution in [0.3, 0.4) is 0 Å². The predicted molar refractivity (Wildman–Crippen MR) is 69.4 cm³/mol. The van der Waals surface area contributed by atoms with E-state index in [1.807, 2.05) is 0 Å². The molecule has 0 radical (unpaired) electrons. The molecule has 2 aliphatic rings. The molecule has 2 N–H and O–H groups in total. The highest BCUT2D eigenvalue weighted by molar-refractivity contribution is 4.88. The highest BCUT2D eigenvalue weighted by Gasteiger charge is 2.32. The van der Waals surface area contributed by atoms with Gasteiger partial charge >= 0.3 is 0 Å². The molecule has 2 nitrogen and oxygen atoms in total. The molecule has 16 heavy (non-hydrogen) atoms. The second-order valence-electron chi connectivity index (χ2n) is 5.91. The molecular formula is C14H28N2. The lowest BCUT2D eigenvalue weighted by molar-refractivity contribution is 0.197. The largest absolute Gasteiger partial charge is 0.329 e. The monoisotopic (exact) mass is 224 g/mol. The SMILES string of the molecule is CN(CCC1CCCCC1)C(CN)C1CC1. The molecule has 0 bridgehead atoms. The molecule has 2 saturated carbocycles. The first-order chi connectivity index (χ1) is 7.81. The zero-order valence-corrected chi connectivity index (χ0v) is 10.8. The van der Waals surface area contributed by atoms with Crippen molar-refractivity contribution in [2.45, 2.75) is 57.4 Å². The first-order valence-corrected chi connectivity index (χ1v) is 7.21. The van der Waals surface area contributed by atoms with Gasteiger partial charge in [0, 0.05) is 12.6 Å². The maximum absolute atomic E-state index is 5.88. The van der Waals surface area contributed by atoms with E-state index in [4.69, 9.17) is 5.73 Å². The van der Waals surface area contributed by atoms with Crippen molar-refractivity contribution in [2.24, 2.45) is 17.6 Å². The topological polar surface area (TPSA) is 29.3 Å². The maximum atomic E-state index is 5.88. The molecule has 94 valence electrons. The van der Waals surface area contributed by atoms with Gasteiger partial charge in [-0.05, 0) is 44.7 Å². The Morgan fingerprint density at radius 3 is 2.38 bits per heavy atom. The zero-order chi connectivity index (χ0) is 11.4. The summed E-state index contributed by atoms with van der Waals surface area (Å²) in [5.41, 5.74) is 5.88. The highest BCUT2D eigenvalue weighted by atomic mass is 15.1. The molecule has 0 spiro atoms. The van der Waals surface area contributed by atoms with Gasteiger partial charge in [-0.1, -0.05) is 32.1 Å². The highest BCUT2D eigenvalue weighted by Crippen LogP contribution is 2.35. The Kier molecular flexibility index (Phi) is 4.66. The number of hydrogen-bond acceptors (Lipinski definition) is 2. The van der Waals surface area contributed by atoms with Gasteiger partial charge in [-0.2, -0.15) is 0 Å². The Morgan fingerprint density at radius 1 is 1.12 bits per heavy atom. The molecule has 2 aliphatic carbocycles. The summed E-state index contributed by atoms with van der Waals surface area (Å²) in [6.07, 6.45) is 11.6. The second kappa shape index (κ2) is 6.02. The zero-order valence-electron chi connectivity index (χ0n) is 10.8. The van der Waals surface area contributed by atoms with Gasteiger partial charge in [0.2, 0.25) is 0 Å². The standard InChI is InChI=1S/C14H28N2/c1-16(14(11-15)13-7-8-13)10-9-12-5-3-2-4-6-12/h12-14H,2-11,15H2,1H3. The normalized spacial score (nSPS) is 24.9. The molecule has 0 saturated heterocycles. The Hall–Kier alpha value is -0.0800. The fourth-order valence-corrected chi connectivity index (χ4v) is 3.24. The molecule has 0 aromatic heterocycles. The van der Waals surface area contributed by atoms with E-state index in [1.54, 1.807) is 0 Å². The smallest absolute Gasteiger partial charge is 0.0243 e. The first kappa shape index (κ1) is 12.4. The molecule has 2 rings (SSSR count). The maximum Gasteiger partial charge on any atom is 0.0243 e. The van der Waals surface area contributed by atoms with Crippen molar-refractivity contribution in [3.8, 4) is 0 Å². The predicted octanol–water partition coefficient (Wildman–Crippen LogP) is 2.63. The van der Waals surface area contributed by atoms with Crippen LogP contribution >= 0.6 is 0 Å². The van der Waals surface area contributed by atoms with Crippen molar-refractivity contribution >= 4 is 0 Å². The fraction of sp³-hybridized carbons (Fsp3) is 1.00. The minimum atomic E-state index is 0.670. The van der Waals surface area contributed by atoms with E-state index in [0.29, 0.717) is 6.04 Å². The van der Waals surface area contributed by atoms with Crippen LogP contribution in [0.2, 0.25) is 0 Å². The lowest BCUT2D eigenvalue weighted by atomic mass is 9.87. The van der Waals surface area contributed by atoms with E-state index in [1.165, 1.54) is 57.9 Å². The van der Waals surface area contributed by atoms with E-state index in [2.05, 4.69) is 11.9 Å². The van der Waals surface area contributed by atoms with Crippen LogP contribution in [-0.2, 0) is 0 Å². The lowest BCUT2D eigenvalue weighted by Crippen LogP contribution is -2.40. The molecule has 1 atom stereocenters. The van der Waals surface area contributed by atoms with Crippen LogP contribution < -0.4 is 5.73 Å². The van der Waals surface area contributed by atoms with Crippen LogP contribution in [0.5, 0.6) is 0 Å². The molecule has 2 heteroatoms. The number of rotatable bonds is 6. The summed E-state index contributed by atoms with van der Waals surface area (Å²) < 4.78 is 0. The molecule has 1 unspecified atom stereocenters. The molecular weight excluding hydrogens is 196 g/mol. The minimum Gasteiger partial charge on any atom is -0.329 e. The Labute approximate surface area is 101 Å². The lowest BCUT2D eigenvalue weighted by Gasteiger charge is -2.29. The van der Waals surface area contributed by atoms with Crippen LogP contribution in [0.1, 0.15) is 51.4 Å². The van der Waals surface area contributed by atoms with Crippen molar-refractivity contribution in [2.75, 3.05) is 20.1 Å². The van der Waals surface area contributed by atoms with Gasteiger partial charge in [0.15, 0.2) is 0 Å². The molecule has 0 aliphatic heterocycles. The summed E-state index contributed by atoms with van der Waals surface area (Å²) in [7, 11) is 2.28. The van der Waals surface area contributed by atoms with E-state index in [0.717, 1.165) is 18.4 Å². The third kappa shape index (κ3) is 3.46. The summed E-state index contributed by atoms with van der Waals surface area (Å²) in [4.78, 5) is 2.53. The van der Waals surface area contributed by atoms with E-state index < -0.39 is 0 Å². The third-order valence-corrected chi connectivity index (χ3v) is 4.59. The second-order valence-corrected chi connectivity index (χ2v) is 5.91. The molecule has 0 aromatic carbocycles. The molecule has 0 amide bonds. The summed E-state index contributed by atoms with van der Waals surface area (Å²) in [6.45, 7) is 2.12. The van der Waals surface area contributed by atoms with Crippen LogP contribution in [0, 0.1) is 11.8 Å². The van der Waals surface area contributed by atoms with Crippen molar-refractivity contribution in [3.05, 3.63) is 0 Å². The summed E-state index contributed by atoms with van der Waals surface area (Å²) in [5.74, 6) is 1.93. The van der Waals surface area contributed by atoms with Gasteiger partial charge in [0.1, 0.15) is 0 Å². The van der Waals surface area contributed by atoms with Gasteiger partial charge in [0.25, 0.3) is 0 Å². The van der Waals surface area contributed by atoms with Crippen LogP contribution in [-0.4, -0.2) is 31.1 Å². The number of nitrogens with zero attached hydrogens (tertiary/aromatic N) is 1. The van der Waals surface area contributed by atoms with Gasteiger partial charge in [-0.15, -0.1) is 0 Å². The first-order valence-electron chi connectivity index (χ1n) is 7.21. The van der Waals surface area contributed by atoms with Gasteiger partial charge in [-0.3, -0.25) is 0 Å². The quantitative estimate of drug-likeness (QED) is 0.751. The number of hydrogen-bond donors (Lipinski definition) is 1.